The average Bonchev–Trinajstić information content (AvgIpc) is 3.41. The zero-order valence-electron chi connectivity index (χ0n) is 21.7. The molecule has 13 heteroatoms. The minimum atomic E-state index is -1.53. The molecule has 2 atom stereocenters. The number of nitro groups is 1. The molecule has 3 amide bonds. The van der Waals surface area contributed by atoms with Crippen LogP contribution in [-0.4, -0.2) is 69.9 Å². The van der Waals surface area contributed by atoms with Gasteiger partial charge in [-0.25, -0.2) is 4.39 Å². The van der Waals surface area contributed by atoms with Gasteiger partial charge in [-0.05, 0) is 42.0 Å². The molecule has 4 rings (SSSR count). The first-order valence-electron chi connectivity index (χ1n) is 12.4. The van der Waals surface area contributed by atoms with E-state index in [2.05, 4.69) is 5.32 Å². The second kappa shape index (κ2) is 12.2. The third kappa shape index (κ3) is 6.46. The van der Waals surface area contributed by atoms with E-state index >= 15 is 0 Å². The molecule has 2 N–H and O–H groups in total. The van der Waals surface area contributed by atoms with Crippen molar-refractivity contribution in [1.82, 2.24) is 15.1 Å². The number of hydrogen-bond donors (Lipinski definition) is 2. The molecule has 0 bridgehead atoms. The summed E-state index contributed by atoms with van der Waals surface area (Å²) < 4.78 is 18.7. The molecule has 2 unspecified atom stereocenters. The molecule has 212 valence electrons. The number of carbonyl (C=O) groups excluding carboxylic acids is 3. The summed E-state index contributed by atoms with van der Waals surface area (Å²) in [6.45, 7) is -0.148. The van der Waals surface area contributed by atoms with Crippen molar-refractivity contribution < 1.29 is 38.3 Å². The highest BCUT2D eigenvalue weighted by Gasteiger charge is 2.44. The maximum atomic E-state index is 13.8. The van der Waals surface area contributed by atoms with E-state index in [1.807, 2.05) is 0 Å². The van der Waals surface area contributed by atoms with Gasteiger partial charge in [0.05, 0.1) is 24.5 Å². The summed E-state index contributed by atoms with van der Waals surface area (Å²) >= 11 is 0. The Morgan fingerprint density at radius 3 is 2.15 bits per heavy atom. The number of carboxylic acid groups (broad SMARTS) is 1. The number of halogens is 1. The second-order valence-corrected chi connectivity index (χ2v) is 9.12. The van der Waals surface area contributed by atoms with E-state index in [0.717, 1.165) is 28.0 Å². The van der Waals surface area contributed by atoms with Gasteiger partial charge in [-0.3, -0.25) is 29.3 Å². The third-order valence-corrected chi connectivity index (χ3v) is 6.52. The lowest BCUT2D eigenvalue weighted by molar-refractivity contribution is -0.384. The molecule has 0 spiro atoms. The van der Waals surface area contributed by atoms with Crippen molar-refractivity contribution >= 4 is 29.4 Å². The summed E-state index contributed by atoms with van der Waals surface area (Å²) in [5.41, 5.74) is 0.0568. The molecule has 41 heavy (non-hydrogen) atoms. The second-order valence-electron chi connectivity index (χ2n) is 9.12. The number of amides is 3. The first-order valence-corrected chi connectivity index (χ1v) is 12.4. The van der Waals surface area contributed by atoms with E-state index in [-0.39, 0.29) is 29.9 Å². The van der Waals surface area contributed by atoms with E-state index < -0.39 is 53.1 Å². The molecular weight excluding hydrogens is 539 g/mol. The number of nitrogens with zero attached hydrogens (tertiary/aromatic N) is 3. The van der Waals surface area contributed by atoms with Gasteiger partial charge in [-0.2, -0.15) is 0 Å². The number of carboxylic acids is 1. The normalized spacial score (nSPS) is 15.2. The van der Waals surface area contributed by atoms with Crippen LogP contribution in [0.4, 0.5) is 10.1 Å². The zero-order chi connectivity index (χ0) is 29.7. The summed E-state index contributed by atoms with van der Waals surface area (Å²) in [5.74, 6) is -3.64. The SMILES string of the molecule is COc1cccc(C(=O)N2CCN(C(=O)c3cccc([N+](=O)[O-])c3)C2C(=O)NC(CC(=O)O)c2ccc(F)cc2)c1. The smallest absolute Gasteiger partial charge is 0.305 e. The van der Waals surface area contributed by atoms with Gasteiger partial charge in [0.1, 0.15) is 11.6 Å². The van der Waals surface area contributed by atoms with Crippen LogP contribution in [0.3, 0.4) is 0 Å². The van der Waals surface area contributed by atoms with Gasteiger partial charge in [0.25, 0.3) is 23.4 Å². The van der Waals surface area contributed by atoms with Gasteiger partial charge in [-0.15, -0.1) is 0 Å². The fraction of sp³-hybridized carbons (Fsp3) is 0.214. The Kier molecular flexibility index (Phi) is 8.56. The van der Waals surface area contributed by atoms with Crippen molar-refractivity contribution in [3.63, 3.8) is 0 Å². The Bertz CT molecular complexity index is 1500. The van der Waals surface area contributed by atoms with Crippen molar-refractivity contribution in [1.29, 1.82) is 0 Å². The molecule has 1 saturated heterocycles. The van der Waals surface area contributed by atoms with Crippen molar-refractivity contribution in [2.45, 2.75) is 18.6 Å². The predicted octanol–water partition coefficient (Wildman–Crippen LogP) is 3.00. The monoisotopic (exact) mass is 564 g/mol. The van der Waals surface area contributed by atoms with E-state index in [0.29, 0.717) is 11.3 Å². The molecule has 0 radical (unpaired) electrons. The van der Waals surface area contributed by atoms with E-state index in [9.17, 15) is 38.8 Å². The highest BCUT2D eigenvalue weighted by Crippen LogP contribution is 2.26. The van der Waals surface area contributed by atoms with Crippen molar-refractivity contribution in [3.05, 3.63) is 105 Å². The third-order valence-electron chi connectivity index (χ3n) is 6.52. The average molecular weight is 565 g/mol. The van der Waals surface area contributed by atoms with E-state index in [1.54, 1.807) is 12.1 Å². The number of hydrogen-bond acceptors (Lipinski definition) is 7. The first-order chi connectivity index (χ1) is 19.6. The summed E-state index contributed by atoms with van der Waals surface area (Å²) in [6.07, 6.45) is -2.09. The molecule has 3 aromatic carbocycles. The van der Waals surface area contributed by atoms with Crippen molar-refractivity contribution in [3.8, 4) is 5.75 Å². The number of rotatable bonds is 9. The van der Waals surface area contributed by atoms with Gasteiger partial charge in [0.2, 0.25) is 0 Å². The van der Waals surface area contributed by atoms with Crippen molar-refractivity contribution in [2.75, 3.05) is 20.2 Å². The lowest BCUT2D eigenvalue weighted by Crippen LogP contribution is -2.54. The Morgan fingerprint density at radius 2 is 1.59 bits per heavy atom. The minimum Gasteiger partial charge on any atom is -0.497 e. The summed E-state index contributed by atoms with van der Waals surface area (Å²) in [5, 5.41) is 23.3. The van der Waals surface area contributed by atoms with Crippen molar-refractivity contribution in [2.24, 2.45) is 0 Å². The number of nitrogens with one attached hydrogen (secondary N) is 1. The molecule has 0 aromatic heterocycles. The first kappa shape index (κ1) is 28.7. The van der Waals surface area contributed by atoms with Crippen LogP contribution in [-0.2, 0) is 9.59 Å². The Labute approximate surface area is 233 Å². The maximum absolute atomic E-state index is 13.8. The topological polar surface area (TPSA) is 159 Å². The predicted molar refractivity (Wildman–Crippen MR) is 141 cm³/mol. The number of aliphatic carboxylic acids is 1. The molecule has 1 heterocycles. The molecule has 1 aliphatic rings. The van der Waals surface area contributed by atoms with Crippen LogP contribution >= 0.6 is 0 Å². The van der Waals surface area contributed by atoms with Crippen LogP contribution in [0.2, 0.25) is 0 Å². The standard InChI is InChI=1S/C28H25FN4O8/c1-41-22-7-3-5-19(15-22)28(38)32-13-12-31(27(37)18-4-2-6-21(14-18)33(39)40)26(32)25(36)30-23(16-24(34)35)17-8-10-20(29)11-9-17/h2-11,14-15,23,26H,12-13,16H2,1H3,(H,30,36)(H,34,35). The largest absolute Gasteiger partial charge is 0.497 e. The molecule has 0 saturated carbocycles. The van der Waals surface area contributed by atoms with E-state index in [1.165, 1.54) is 49.6 Å². The number of methoxy groups -OCH3 is 1. The number of benzene rings is 3. The van der Waals surface area contributed by atoms with Gasteiger partial charge in [0.15, 0.2) is 6.17 Å². The molecular formula is C28H25FN4O8. The Hall–Kier alpha value is -5.33. The maximum Gasteiger partial charge on any atom is 0.305 e. The lowest BCUT2D eigenvalue weighted by Gasteiger charge is -2.31. The van der Waals surface area contributed by atoms with Gasteiger partial charge >= 0.3 is 5.97 Å². The molecule has 0 aliphatic carbocycles. The van der Waals surface area contributed by atoms with Crippen LogP contribution in [0.15, 0.2) is 72.8 Å². The summed E-state index contributed by atoms with van der Waals surface area (Å²) in [6, 6.07) is 14.9. The molecule has 12 nitrogen and oxygen atoms in total. The number of non-ortho nitro benzene ring substituents is 1. The highest BCUT2D eigenvalue weighted by atomic mass is 19.1. The Morgan fingerprint density at radius 1 is 1.00 bits per heavy atom. The number of carbonyl (C=O) groups is 4. The fourth-order valence-electron chi connectivity index (χ4n) is 4.55. The molecule has 3 aromatic rings. The van der Waals surface area contributed by atoms with Crippen LogP contribution in [0.5, 0.6) is 5.75 Å². The van der Waals surface area contributed by atoms with Gasteiger partial charge in [0, 0.05) is 36.3 Å². The van der Waals surface area contributed by atoms with E-state index in [4.69, 9.17) is 4.74 Å². The van der Waals surface area contributed by atoms with Crippen LogP contribution < -0.4 is 10.1 Å². The summed E-state index contributed by atoms with van der Waals surface area (Å²) in [7, 11) is 1.42. The number of nitro benzene ring substituents is 1. The quantitative estimate of drug-likeness (QED) is 0.296. The minimum absolute atomic E-state index is 0.0606. The molecule has 1 fully saturated rings. The van der Waals surface area contributed by atoms with Crippen LogP contribution in [0, 0.1) is 15.9 Å². The summed E-state index contributed by atoms with van der Waals surface area (Å²) in [4.78, 5) is 65.3. The van der Waals surface area contributed by atoms with Gasteiger partial charge in [-0.1, -0.05) is 24.3 Å². The van der Waals surface area contributed by atoms with Crippen LogP contribution in [0.1, 0.15) is 38.7 Å². The molecule has 1 aliphatic heterocycles. The zero-order valence-corrected chi connectivity index (χ0v) is 21.7. The number of ether oxygens (including phenoxy) is 1. The van der Waals surface area contributed by atoms with Crippen LogP contribution in [0.25, 0.3) is 0 Å². The Balaban J connectivity index is 1.71. The van der Waals surface area contributed by atoms with Gasteiger partial charge < -0.3 is 25.0 Å². The highest BCUT2D eigenvalue weighted by molar-refractivity contribution is 6.02. The fourth-order valence-corrected chi connectivity index (χ4v) is 4.55. The lowest BCUT2D eigenvalue weighted by atomic mass is 10.0.